The van der Waals surface area contributed by atoms with Crippen LogP contribution in [0.2, 0.25) is 0 Å². The van der Waals surface area contributed by atoms with Crippen LogP contribution in [0.5, 0.6) is 0 Å². The topological polar surface area (TPSA) is 46.1 Å². The van der Waals surface area contributed by atoms with Gasteiger partial charge >= 0.3 is 0 Å². The van der Waals surface area contributed by atoms with Crippen molar-refractivity contribution in [3.8, 4) is 0 Å². The van der Waals surface area contributed by atoms with Gasteiger partial charge in [0.25, 0.3) is 5.91 Å². The standard InChI is InChI=1S/C23H19N3O/c1-17-11-13-19(14-12-17)26(16-18-7-3-2-4-8-18)23(27)22-15-24-20-9-5-6-10-21(20)25-22/h2-15H,16H2,1H3. The zero-order chi connectivity index (χ0) is 18.6. The van der Waals surface area contributed by atoms with E-state index in [1.54, 1.807) is 11.1 Å². The number of hydrogen-bond donors (Lipinski definition) is 0. The Labute approximate surface area is 158 Å². The highest BCUT2D eigenvalue weighted by Gasteiger charge is 2.20. The number of carbonyl (C=O) groups is 1. The summed E-state index contributed by atoms with van der Waals surface area (Å²) in [6.07, 6.45) is 1.55. The molecule has 132 valence electrons. The second-order valence-corrected chi connectivity index (χ2v) is 6.46. The number of aryl methyl sites for hydroxylation is 1. The van der Waals surface area contributed by atoms with Crippen molar-refractivity contribution in [3.63, 3.8) is 0 Å². The number of anilines is 1. The van der Waals surface area contributed by atoms with Gasteiger partial charge in [-0.05, 0) is 36.8 Å². The summed E-state index contributed by atoms with van der Waals surface area (Å²) in [5.74, 6) is -0.166. The summed E-state index contributed by atoms with van der Waals surface area (Å²) in [7, 11) is 0. The lowest BCUT2D eigenvalue weighted by Crippen LogP contribution is -2.31. The van der Waals surface area contributed by atoms with Gasteiger partial charge in [0.2, 0.25) is 0 Å². The van der Waals surface area contributed by atoms with Crippen LogP contribution >= 0.6 is 0 Å². The number of amides is 1. The fourth-order valence-corrected chi connectivity index (χ4v) is 2.97. The van der Waals surface area contributed by atoms with Crippen LogP contribution in [0.25, 0.3) is 11.0 Å². The van der Waals surface area contributed by atoms with Crippen LogP contribution in [0.3, 0.4) is 0 Å². The smallest absolute Gasteiger partial charge is 0.278 e. The van der Waals surface area contributed by atoms with Crippen LogP contribution in [-0.4, -0.2) is 15.9 Å². The van der Waals surface area contributed by atoms with Crippen LogP contribution in [0.1, 0.15) is 21.6 Å². The number of nitrogens with zero attached hydrogens (tertiary/aromatic N) is 3. The summed E-state index contributed by atoms with van der Waals surface area (Å²) in [5.41, 5.74) is 4.87. The molecule has 0 radical (unpaired) electrons. The van der Waals surface area contributed by atoms with Crippen molar-refractivity contribution in [2.75, 3.05) is 4.90 Å². The Balaban J connectivity index is 1.73. The van der Waals surface area contributed by atoms with Gasteiger partial charge in [0.05, 0.1) is 23.8 Å². The van der Waals surface area contributed by atoms with Crippen LogP contribution in [0, 0.1) is 6.92 Å². The van der Waals surface area contributed by atoms with Gasteiger partial charge in [0, 0.05) is 5.69 Å². The number of hydrogen-bond acceptors (Lipinski definition) is 3. The van der Waals surface area contributed by atoms with Crippen molar-refractivity contribution in [3.05, 3.63) is 102 Å². The summed E-state index contributed by atoms with van der Waals surface area (Å²) in [4.78, 5) is 24.0. The molecule has 0 spiro atoms. The average Bonchev–Trinajstić information content (AvgIpc) is 2.73. The summed E-state index contributed by atoms with van der Waals surface area (Å²) in [5, 5.41) is 0. The Hall–Kier alpha value is -3.53. The number of fused-ring (bicyclic) bond motifs is 1. The van der Waals surface area contributed by atoms with Crippen molar-refractivity contribution in [1.29, 1.82) is 0 Å². The van der Waals surface area contributed by atoms with E-state index in [1.165, 1.54) is 0 Å². The molecule has 4 aromatic rings. The number of aromatic nitrogens is 2. The molecular formula is C23H19N3O. The van der Waals surface area contributed by atoms with E-state index in [4.69, 9.17) is 0 Å². The predicted molar refractivity (Wildman–Crippen MR) is 108 cm³/mol. The highest BCUT2D eigenvalue weighted by atomic mass is 16.2. The van der Waals surface area contributed by atoms with E-state index in [-0.39, 0.29) is 5.91 Å². The maximum absolute atomic E-state index is 13.3. The first-order valence-corrected chi connectivity index (χ1v) is 8.85. The second-order valence-electron chi connectivity index (χ2n) is 6.46. The number of carbonyl (C=O) groups excluding carboxylic acids is 1. The monoisotopic (exact) mass is 353 g/mol. The Morgan fingerprint density at radius 2 is 1.52 bits per heavy atom. The molecule has 4 nitrogen and oxygen atoms in total. The third-order valence-corrected chi connectivity index (χ3v) is 4.44. The van der Waals surface area contributed by atoms with Crippen LogP contribution in [0.4, 0.5) is 5.69 Å². The van der Waals surface area contributed by atoms with Crippen LogP contribution < -0.4 is 4.90 Å². The molecule has 0 N–H and O–H groups in total. The molecule has 1 amide bonds. The molecule has 0 aliphatic carbocycles. The zero-order valence-corrected chi connectivity index (χ0v) is 15.0. The Kier molecular flexibility index (Phi) is 4.62. The summed E-state index contributed by atoms with van der Waals surface area (Å²) in [6, 6.07) is 25.4. The molecule has 4 rings (SSSR count). The molecule has 0 aliphatic heterocycles. The minimum Gasteiger partial charge on any atom is -0.303 e. The number of rotatable bonds is 4. The molecule has 0 unspecified atom stereocenters. The van der Waals surface area contributed by atoms with E-state index in [1.807, 2.05) is 85.8 Å². The Bertz CT molecular complexity index is 1080. The molecule has 1 aromatic heterocycles. The highest BCUT2D eigenvalue weighted by Crippen LogP contribution is 2.21. The van der Waals surface area contributed by atoms with Gasteiger partial charge < -0.3 is 4.90 Å². The molecule has 0 bridgehead atoms. The van der Waals surface area contributed by atoms with Crippen LogP contribution in [-0.2, 0) is 6.54 Å². The molecule has 27 heavy (non-hydrogen) atoms. The molecular weight excluding hydrogens is 334 g/mol. The van der Waals surface area contributed by atoms with E-state index in [2.05, 4.69) is 9.97 Å². The van der Waals surface area contributed by atoms with Crippen LogP contribution in [0.15, 0.2) is 85.1 Å². The fraction of sp³-hybridized carbons (Fsp3) is 0.0870. The predicted octanol–water partition coefficient (Wildman–Crippen LogP) is 4.79. The third-order valence-electron chi connectivity index (χ3n) is 4.44. The molecule has 0 atom stereocenters. The molecule has 3 aromatic carbocycles. The molecule has 0 saturated carbocycles. The van der Waals surface area contributed by atoms with E-state index in [9.17, 15) is 4.79 Å². The van der Waals surface area contributed by atoms with Gasteiger partial charge in [-0.1, -0.05) is 60.2 Å². The van der Waals surface area contributed by atoms with Crippen molar-refractivity contribution in [1.82, 2.24) is 9.97 Å². The summed E-state index contributed by atoms with van der Waals surface area (Å²) in [6.45, 7) is 2.50. The molecule has 0 fully saturated rings. The first kappa shape index (κ1) is 16.9. The molecule has 1 heterocycles. The first-order chi connectivity index (χ1) is 13.2. The lowest BCUT2D eigenvalue weighted by atomic mass is 10.1. The normalized spacial score (nSPS) is 10.7. The SMILES string of the molecule is Cc1ccc(N(Cc2ccccc2)C(=O)c2cnc3ccccc3n2)cc1. The van der Waals surface area contributed by atoms with Crippen molar-refractivity contribution >= 4 is 22.6 Å². The first-order valence-electron chi connectivity index (χ1n) is 8.85. The quantitative estimate of drug-likeness (QED) is 0.530. The zero-order valence-electron chi connectivity index (χ0n) is 15.0. The fourth-order valence-electron chi connectivity index (χ4n) is 2.97. The minimum atomic E-state index is -0.166. The van der Waals surface area contributed by atoms with E-state index >= 15 is 0 Å². The van der Waals surface area contributed by atoms with Gasteiger partial charge in [0.1, 0.15) is 5.69 Å². The number of benzene rings is 3. The minimum absolute atomic E-state index is 0.166. The van der Waals surface area contributed by atoms with Gasteiger partial charge in [0.15, 0.2) is 0 Å². The maximum atomic E-state index is 13.3. The van der Waals surface area contributed by atoms with Crippen molar-refractivity contribution in [2.45, 2.75) is 13.5 Å². The number of para-hydroxylation sites is 2. The largest absolute Gasteiger partial charge is 0.303 e. The molecule has 0 saturated heterocycles. The van der Waals surface area contributed by atoms with E-state index in [0.29, 0.717) is 17.8 Å². The van der Waals surface area contributed by atoms with Crippen molar-refractivity contribution in [2.24, 2.45) is 0 Å². The maximum Gasteiger partial charge on any atom is 0.278 e. The van der Waals surface area contributed by atoms with E-state index < -0.39 is 0 Å². The van der Waals surface area contributed by atoms with Gasteiger partial charge in [-0.25, -0.2) is 4.98 Å². The molecule has 4 heteroatoms. The lowest BCUT2D eigenvalue weighted by molar-refractivity contribution is 0.0980. The van der Waals surface area contributed by atoms with Gasteiger partial charge in [-0.2, -0.15) is 0 Å². The Morgan fingerprint density at radius 3 is 2.26 bits per heavy atom. The van der Waals surface area contributed by atoms with Gasteiger partial charge in [-0.15, -0.1) is 0 Å². The Morgan fingerprint density at radius 1 is 0.852 bits per heavy atom. The molecule has 0 aliphatic rings. The lowest BCUT2D eigenvalue weighted by Gasteiger charge is -2.23. The third kappa shape index (κ3) is 3.70. The second kappa shape index (κ2) is 7.38. The van der Waals surface area contributed by atoms with Crippen molar-refractivity contribution < 1.29 is 4.79 Å². The summed E-state index contributed by atoms with van der Waals surface area (Å²) >= 11 is 0. The van der Waals surface area contributed by atoms with Gasteiger partial charge in [-0.3, -0.25) is 9.78 Å². The summed E-state index contributed by atoms with van der Waals surface area (Å²) < 4.78 is 0. The highest BCUT2D eigenvalue weighted by molar-refractivity contribution is 6.05. The average molecular weight is 353 g/mol. The van der Waals surface area contributed by atoms with E-state index in [0.717, 1.165) is 22.3 Å².